The van der Waals surface area contributed by atoms with E-state index >= 15 is 0 Å². The van der Waals surface area contributed by atoms with Crippen LogP contribution in [0.25, 0.3) is 16.8 Å². The van der Waals surface area contributed by atoms with E-state index in [1.807, 2.05) is 59.4 Å². The molecule has 28 heavy (non-hydrogen) atoms. The van der Waals surface area contributed by atoms with Gasteiger partial charge in [-0.1, -0.05) is 55.5 Å². The first kappa shape index (κ1) is 21.6. The number of hydrogen-bond acceptors (Lipinski definition) is 5. The number of rotatable bonds is 7. The van der Waals surface area contributed by atoms with Crippen molar-refractivity contribution in [3.63, 3.8) is 0 Å². The monoisotopic (exact) mass is 403 g/mol. The molecule has 0 aliphatic carbocycles. The molecule has 2 N–H and O–H groups in total. The van der Waals surface area contributed by atoms with E-state index in [4.69, 9.17) is 9.29 Å². The number of para-hydroxylation sites is 1. The fraction of sp³-hybridized carbons (Fsp3) is 0.250. The van der Waals surface area contributed by atoms with Crippen LogP contribution in [0.1, 0.15) is 6.92 Å². The lowest BCUT2D eigenvalue weighted by molar-refractivity contribution is 0.303. The minimum Gasteiger partial charge on any atom is -0.475 e. The third-order valence-corrected chi connectivity index (χ3v) is 3.55. The molecule has 0 saturated carbocycles. The standard InChI is InChI=1S/C19H21N3O.CH4O3S/c1-2-20-13-14-23-19-18(16-9-5-3-6-10-16)15-22(21-19)17-11-7-4-8-12-17;1-5(2,3)4/h3-12,15,20H,2,13-14H2,1H3;1H3,(H,2,3,4). The molecule has 0 atom stereocenters. The highest BCUT2D eigenvalue weighted by molar-refractivity contribution is 7.85. The Hall–Kier alpha value is -2.68. The second-order valence-electron chi connectivity index (χ2n) is 5.93. The van der Waals surface area contributed by atoms with Gasteiger partial charge in [-0.2, -0.15) is 8.42 Å². The number of benzene rings is 2. The summed E-state index contributed by atoms with van der Waals surface area (Å²) in [6, 6.07) is 20.3. The zero-order valence-electron chi connectivity index (χ0n) is 15.9. The van der Waals surface area contributed by atoms with Gasteiger partial charge in [-0.25, -0.2) is 4.68 Å². The van der Waals surface area contributed by atoms with E-state index in [9.17, 15) is 8.42 Å². The van der Waals surface area contributed by atoms with Crippen LogP contribution in [0.4, 0.5) is 0 Å². The van der Waals surface area contributed by atoms with Crippen molar-refractivity contribution in [2.45, 2.75) is 6.92 Å². The first-order valence-corrected chi connectivity index (χ1v) is 10.7. The molecule has 2 aromatic carbocycles. The van der Waals surface area contributed by atoms with Gasteiger partial charge in [0, 0.05) is 12.7 Å². The van der Waals surface area contributed by atoms with Crippen LogP contribution < -0.4 is 10.1 Å². The molecule has 0 aliphatic rings. The molecular weight excluding hydrogens is 378 g/mol. The van der Waals surface area contributed by atoms with E-state index in [1.165, 1.54) is 0 Å². The molecule has 0 aliphatic heterocycles. The van der Waals surface area contributed by atoms with Crippen molar-refractivity contribution >= 4 is 10.1 Å². The van der Waals surface area contributed by atoms with Gasteiger partial charge in [-0.3, -0.25) is 4.55 Å². The van der Waals surface area contributed by atoms with Crippen molar-refractivity contribution in [3.05, 3.63) is 66.9 Å². The summed E-state index contributed by atoms with van der Waals surface area (Å²) in [5, 5.41) is 7.88. The van der Waals surface area contributed by atoms with Crippen molar-refractivity contribution in [2.24, 2.45) is 0 Å². The van der Waals surface area contributed by atoms with Crippen LogP contribution >= 0.6 is 0 Å². The van der Waals surface area contributed by atoms with E-state index < -0.39 is 10.1 Å². The Morgan fingerprint density at radius 3 is 2.21 bits per heavy atom. The Labute approximate surface area is 165 Å². The smallest absolute Gasteiger partial charge is 0.261 e. The van der Waals surface area contributed by atoms with Gasteiger partial charge in [0.1, 0.15) is 6.61 Å². The number of aromatic nitrogens is 2. The third-order valence-electron chi connectivity index (χ3n) is 3.55. The van der Waals surface area contributed by atoms with Gasteiger partial charge < -0.3 is 10.1 Å². The summed E-state index contributed by atoms with van der Waals surface area (Å²) in [5.41, 5.74) is 3.13. The van der Waals surface area contributed by atoms with Crippen LogP contribution in [0.5, 0.6) is 5.88 Å². The lowest BCUT2D eigenvalue weighted by Gasteiger charge is -2.06. The van der Waals surface area contributed by atoms with Gasteiger partial charge in [-0.05, 0) is 24.2 Å². The maximum atomic E-state index is 9.19. The maximum absolute atomic E-state index is 9.19. The van der Waals surface area contributed by atoms with Crippen LogP contribution in [-0.2, 0) is 10.1 Å². The fourth-order valence-electron chi connectivity index (χ4n) is 2.39. The summed E-state index contributed by atoms with van der Waals surface area (Å²) < 4.78 is 33.6. The lowest BCUT2D eigenvalue weighted by Crippen LogP contribution is -2.20. The molecule has 150 valence electrons. The first-order chi connectivity index (χ1) is 13.4. The summed E-state index contributed by atoms with van der Waals surface area (Å²) in [4.78, 5) is 0. The second kappa shape index (κ2) is 10.6. The Kier molecular flexibility index (Phi) is 8.19. The van der Waals surface area contributed by atoms with E-state index in [1.54, 1.807) is 0 Å². The molecule has 3 rings (SSSR count). The van der Waals surface area contributed by atoms with Crippen molar-refractivity contribution in [1.82, 2.24) is 15.1 Å². The molecule has 0 unspecified atom stereocenters. The summed E-state index contributed by atoms with van der Waals surface area (Å²) in [6.45, 7) is 4.43. The molecular formula is C20H25N3O4S. The van der Waals surface area contributed by atoms with Gasteiger partial charge in [-0.15, -0.1) is 5.10 Å². The summed E-state index contributed by atoms with van der Waals surface area (Å²) in [5.74, 6) is 0.665. The summed E-state index contributed by atoms with van der Waals surface area (Å²) in [6.07, 6.45) is 2.74. The number of hydrogen-bond donors (Lipinski definition) is 2. The fourth-order valence-corrected chi connectivity index (χ4v) is 2.39. The second-order valence-corrected chi connectivity index (χ2v) is 7.40. The Bertz CT molecular complexity index is 934. The Balaban J connectivity index is 0.000000500. The van der Waals surface area contributed by atoms with Crippen molar-refractivity contribution in [2.75, 3.05) is 26.0 Å². The van der Waals surface area contributed by atoms with Crippen LogP contribution in [-0.4, -0.2) is 48.7 Å². The van der Waals surface area contributed by atoms with Crippen LogP contribution in [0.15, 0.2) is 66.9 Å². The largest absolute Gasteiger partial charge is 0.475 e. The predicted molar refractivity (Wildman–Crippen MR) is 111 cm³/mol. The summed E-state index contributed by atoms with van der Waals surface area (Å²) >= 11 is 0. The molecule has 1 heterocycles. The minimum atomic E-state index is -3.67. The SMILES string of the molecule is CCNCCOc1nn(-c2ccccc2)cc1-c1ccccc1.CS(=O)(=O)O. The van der Waals surface area contributed by atoms with Gasteiger partial charge in [0.2, 0.25) is 5.88 Å². The first-order valence-electron chi connectivity index (χ1n) is 8.85. The zero-order chi connectivity index (χ0) is 20.4. The maximum Gasteiger partial charge on any atom is 0.261 e. The van der Waals surface area contributed by atoms with Crippen LogP contribution in [0, 0.1) is 0 Å². The van der Waals surface area contributed by atoms with Gasteiger partial charge >= 0.3 is 0 Å². The number of nitrogens with zero attached hydrogens (tertiary/aromatic N) is 2. The highest BCUT2D eigenvalue weighted by atomic mass is 32.2. The molecule has 0 amide bonds. The average molecular weight is 404 g/mol. The van der Waals surface area contributed by atoms with E-state index in [2.05, 4.69) is 29.5 Å². The van der Waals surface area contributed by atoms with E-state index in [-0.39, 0.29) is 0 Å². The van der Waals surface area contributed by atoms with Crippen molar-refractivity contribution in [3.8, 4) is 22.7 Å². The van der Waals surface area contributed by atoms with Crippen molar-refractivity contribution in [1.29, 1.82) is 0 Å². The van der Waals surface area contributed by atoms with Crippen molar-refractivity contribution < 1.29 is 17.7 Å². The molecule has 0 spiro atoms. The molecule has 3 aromatic rings. The topological polar surface area (TPSA) is 93.5 Å². The van der Waals surface area contributed by atoms with E-state index in [0.717, 1.165) is 29.9 Å². The van der Waals surface area contributed by atoms with E-state index in [0.29, 0.717) is 18.7 Å². The molecule has 0 saturated heterocycles. The van der Waals surface area contributed by atoms with Crippen LogP contribution in [0.2, 0.25) is 0 Å². The molecule has 8 heteroatoms. The third kappa shape index (κ3) is 7.51. The van der Waals surface area contributed by atoms with Gasteiger partial charge in [0.25, 0.3) is 10.1 Å². The Morgan fingerprint density at radius 2 is 1.64 bits per heavy atom. The molecule has 0 fully saturated rings. The molecule has 0 bridgehead atoms. The molecule has 1 aromatic heterocycles. The molecule has 0 radical (unpaired) electrons. The van der Waals surface area contributed by atoms with Gasteiger partial charge in [0.15, 0.2) is 0 Å². The Morgan fingerprint density at radius 1 is 1.07 bits per heavy atom. The minimum absolute atomic E-state index is 0.597. The lowest BCUT2D eigenvalue weighted by atomic mass is 10.1. The number of ether oxygens (including phenoxy) is 1. The highest BCUT2D eigenvalue weighted by Gasteiger charge is 2.13. The van der Waals surface area contributed by atoms with Crippen LogP contribution in [0.3, 0.4) is 0 Å². The summed E-state index contributed by atoms with van der Waals surface area (Å²) in [7, 11) is -3.67. The quantitative estimate of drug-likeness (QED) is 0.465. The number of likely N-dealkylation sites (N-methyl/N-ethyl adjacent to an activating group) is 1. The predicted octanol–water partition coefficient (Wildman–Crippen LogP) is 3.03. The average Bonchev–Trinajstić information content (AvgIpc) is 3.10. The van der Waals surface area contributed by atoms with Gasteiger partial charge in [0.05, 0.1) is 17.5 Å². The molecule has 7 nitrogen and oxygen atoms in total. The zero-order valence-corrected chi connectivity index (χ0v) is 16.8. The number of nitrogens with one attached hydrogen (secondary N) is 1. The normalized spacial score (nSPS) is 10.8. The highest BCUT2D eigenvalue weighted by Crippen LogP contribution is 2.29.